The van der Waals surface area contributed by atoms with Gasteiger partial charge in [-0.25, -0.2) is 0 Å². The van der Waals surface area contributed by atoms with Gasteiger partial charge >= 0.3 is 8.80 Å². The van der Waals surface area contributed by atoms with E-state index in [9.17, 15) is 5.11 Å². The predicted molar refractivity (Wildman–Crippen MR) is 114 cm³/mol. The van der Waals surface area contributed by atoms with Crippen molar-refractivity contribution in [1.29, 1.82) is 0 Å². The molecule has 0 rings (SSSR count). The Balaban J connectivity index is 3.37. The number of ether oxygens (including phenoxy) is 1. The summed E-state index contributed by atoms with van der Waals surface area (Å²) in [7, 11) is 2.28. The van der Waals surface area contributed by atoms with Crippen LogP contribution in [0, 0.1) is 0 Å². The average Bonchev–Trinajstić information content (AvgIpc) is 2.72. The van der Waals surface area contributed by atoms with Crippen molar-refractivity contribution < 1.29 is 23.1 Å². The topological polar surface area (TPSA) is 131 Å². The minimum atomic E-state index is -2.52. The Bertz CT molecular complexity index is 322. The van der Waals surface area contributed by atoms with E-state index in [-0.39, 0.29) is 0 Å². The van der Waals surface area contributed by atoms with E-state index in [1.165, 1.54) is 0 Å². The standard InChI is InChI=1S/C17H43N5O5Si/c1-24-28(25-2,26-3)14-4-13-27-16-17(23)15-22-12-11-21-10-9-20-8-7-19-6-5-18/h17,19-23H,4-16,18H2,1-3H3. The quantitative estimate of drug-likeness (QED) is 0.0851. The summed E-state index contributed by atoms with van der Waals surface area (Å²) in [5.41, 5.74) is 5.40. The second kappa shape index (κ2) is 20.1. The van der Waals surface area contributed by atoms with Crippen molar-refractivity contribution in [3.63, 3.8) is 0 Å². The predicted octanol–water partition coefficient (Wildman–Crippen LogP) is -2.05. The van der Waals surface area contributed by atoms with Crippen molar-refractivity contribution in [2.24, 2.45) is 5.73 Å². The molecule has 0 fully saturated rings. The molecule has 0 aromatic rings. The molecule has 1 atom stereocenters. The molecular weight excluding hydrogens is 382 g/mol. The summed E-state index contributed by atoms with van der Waals surface area (Å²) in [5.74, 6) is 0. The Hall–Kier alpha value is -0.183. The Morgan fingerprint density at radius 1 is 0.821 bits per heavy atom. The number of aliphatic hydroxyl groups excluding tert-OH is 1. The molecule has 170 valence electrons. The molecule has 28 heavy (non-hydrogen) atoms. The zero-order valence-electron chi connectivity index (χ0n) is 17.9. The third-order valence-corrected chi connectivity index (χ3v) is 6.98. The fraction of sp³-hybridized carbons (Fsp3) is 1.00. The largest absolute Gasteiger partial charge is 0.500 e. The fourth-order valence-corrected chi connectivity index (χ4v) is 4.19. The van der Waals surface area contributed by atoms with Crippen LogP contribution in [0.5, 0.6) is 0 Å². The lowest BCUT2D eigenvalue weighted by atomic mass is 10.3. The first-order valence-corrected chi connectivity index (χ1v) is 12.0. The van der Waals surface area contributed by atoms with E-state index in [0.29, 0.717) is 32.3 Å². The van der Waals surface area contributed by atoms with E-state index in [2.05, 4.69) is 21.3 Å². The van der Waals surface area contributed by atoms with E-state index in [1.807, 2.05) is 0 Å². The maximum Gasteiger partial charge on any atom is 0.500 e. The summed E-state index contributed by atoms with van der Waals surface area (Å²) < 4.78 is 21.6. The number of nitrogens with one attached hydrogen (secondary N) is 4. The molecule has 0 spiro atoms. The van der Waals surface area contributed by atoms with E-state index in [0.717, 1.165) is 52.2 Å². The summed E-state index contributed by atoms with van der Waals surface area (Å²) in [4.78, 5) is 0. The van der Waals surface area contributed by atoms with Crippen LogP contribution in [0.2, 0.25) is 6.04 Å². The molecule has 11 heteroatoms. The highest BCUT2D eigenvalue weighted by Gasteiger charge is 2.36. The van der Waals surface area contributed by atoms with Crippen LogP contribution in [0.25, 0.3) is 0 Å². The molecule has 0 bridgehead atoms. The molecule has 7 N–H and O–H groups in total. The Morgan fingerprint density at radius 3 is 1.82 bits per heavy atom. The minimum absolute atomic E-state index is 0.310. The SMILES string of the molecule is CO[Si](CCCOCC(O)CNCCNCCNCCNCCN)(OC)OC. The number of aliphatic hydroxyl groups is 1. The molecule has 0 aromatic carbocycles. The lowest BCUT2D eigenvalue weighted by molar-refractivity contribution is 0.0353. The van der Waals surface area contributed by atoms with Gasteiger partial charge in [0.15, 0.2) is 0 Å². The van der Waals surface area contributed by atoms with E-state index >= 15 is 0 Å². The first-order chi connectivity index (χ1) is 13.6. The Morgan fingerprint density at radius 2 is 1.32 bits per heavy atom. The lowest BCUT2D eigenvalue weighted by Gasteiger charge is -2.24. The Kier molecular flexibility index (Phi) is 20.0. The number of hydrogen-bond acceptors (Lipinski definition) is 10. The molecule has 0 saturated heterocycles. The molecule has 0 aliphatic heterocycles. The summed E-state index contributed by atoms with van der Waals surface area (Å²) in [6.07, 6.45) is 0.250. The molecule has 0 heterocycles. The van der Waals surface area contributed by atoms with Gasteiger partial charge in [0.05, 0.1) is 12.7 Å². The van der Waals surface area contributed by atoms with Crippen molar-refractivity contribution >= 4 is 8.80 Å². The monoisotopic (exact) mass is 425 g/mol. The van der Waals surface area contributed by atoms with Crippen LogP contribution in [0.15, 0.2) is 0 Å². The van der Waals surface area contributed by atoms with Crippen molar-refractivity contribution in [3.05, 3.63) is 0 Å². The number of rotatable bonds is 22. The van der Waals surface area contributed by atoms with Crippen molar-refractivity contribution in [1.82, 2.24) is 21.3 Å². The third kappa shape index (κ3) is 15.7. The van der Waals surface area contributed by atoms with Crippen molar-refractivity contribution in [2.75, 3.05) is 93.4 Å². The first-order valence-electron chi connectivity index (χ1n) is 10.1. The maximum atomic E-state index is 9.91. The highest BCUT2D eigenvalue weighted by atomic mass is 28.4. The minimum Gasteiger partial charge on any atom is -0.389 e. The molecule has 1 unspecified atom stereocenters. The van der Waals surface area contributed by atoms with Gasteiger partial charge in [-0.1, -0.05) is 0 Å². The molecule has 10 nitrogen and oxygen atoms in total. The highest BCUT2D eigenvalue weighted by molar-refractivity contribution is 6.60. The van der Waals surface area contributed by atoms with Crippen molar-refractivity contribution in [3.8, 4) is 0 Å². The van der Waals surface area contributed by atoms with Gasteiger partial charge in [0.25, 0.3) is 0 Å². The van der Waals surface area contributed by atoms with Gasteiger partial charge in [0.1, 0.15) is 0 Å². The van der Waals surface area contributed by atoms with E-state index in [4.69, 9.17) is 23.7 Å². The molecule has 0 radical (unpaired) electrons. The first kappa shape index (κ1) is 27.8. The summed E-state index contributed by atoms with van der Waals surface area (Å²) in [5, 5.41) is 23.0. The zero-order chi connectivity index (χ0) is 20.9. The molecule has 0 aliphatic carbocycles. The summed E-state index contributed by atoms with van der Waals surface area (Å²) in [6, 6.07) is 0.690. The van der Waals surface area contributed by atoms with Gasteiger partial charge in [0.2, 0.25) is 0 Å². The maximum absolute atomic E-state index is 9.91. The number of hydrogen-bond donors (Lipinski definition) is 6. The molecule has 0 amide bonds. The van der Waals surface area contributed by atoms with E-state index in [1.54, 1.807) is 21.3 Å². The van der Waals surface area contributed by atoms with Gasteiger partial charge in [-0.2, -0.15) is 0 Å². The van der Waals surface area contributed by atoms with Crippen LogP contribution in [0.1, 0.15) is 6.42 Å². The summed E-state index contributed by atoms with van der Waals surface area (Å²) >= 11 is 0. The molecule has 0 aliphatic rings. The van der Waals surface area contributed by atoms with Gasteiger partial charge in [-0.15, -0.1) is 0 Å². The van der Waals surface area contributed by atoms with Gasteiger partial charge in [-0.05, 0) is 6.42 Å². The zero-order valence-corrected chi connectivity index (χ0v) is 18.9. The molecular formula is C17H43N5O5Si. The van der Waals surface area contributed by atoms with E-state index < -0.39 is 14.9 Å². The Labute approximate surface area is 171 Å². The van der Waals surface area contributed by atoms with Gasteiger partial charge in [-0.3, -0.25) is 0 Å². The normalized spacial score (nSPS) is 13.2. The fourth-order valence-electron chi connectivity index (χ4n) is 2.50. The molecule has 0 saturated carbocycles. The summed E-state index contributed by atoms with van der Waals surface area (Å²) in [6.45, 7) is 8.29. The van der Waals surface area contributed by atoms with Crippen LogP contribution < -0.4 is 27.0 Å². The smallest absolute Gasteiger partial charge is 0.389 e. The van der Waals surface area contributed by atoms with Crippen LogP contribution in [0.4, 0.5) is 0 Å². The lowest BCUT2D eigenvalue weighted by Crippen LogP contribution is -2.42. The average molecular weight is 426 g/mol. The third-order valence-electron chi connectivity index (χ3n) is 4.15. The van der Waals surface area contributed by atoms with Gasteiger partial charge in [0, 0.05) is 92.9 Å². The second-order valence-corrected chi connectivity index (χ2v) is 9.46. The highest BCUT2D eigenvalue weighted by Crippen LogP contribution is 2.14. The van der Waals surface area contributed by atoms with Crippen LogP contribution in [-0.2, 0) is 18.0 Å². The van der Waals surface area contributed by atoms with Crippen LogP contribution >= 0.6 is 0 Å². The molecule has 0 aromatic heterocycles. The van der Waals surface area contributed by atoms with Crippen LogP contribution in [0.3, 0.4) is 0 Å². The number of nitrogens with two attached hydrogens (primary N) is 1. The van der Waals surface area contributed by atoms with Crippen molar-refractivity contribution in [2.45, 2.75) is 18.6 Å². The second-order valence-electron chi connectivity index (χ2n) is 6.37. The van der Waals surface area contributed by atoms with Crippen LogP contribution in [-0.4, -0.2) is 113 Å². The van der Waals surface area contributed by atoms with Gasteiger partial charge < -0.3 is 50.1 Å².